The average Bonchev–Trinajstić information content (AvgIpc) is 3.14. The fourth-order valence-corrected chi connectivity index (χ4v) is 4.36. The van der Waals surface area contributed by atoms with Gasteiger partial charge in [-0.2, -0.15) is 5.26 Å². The second-order valence-electron chi connectivity index (χ2n) is 7.51. The Morgan fingerprint density at radius 1 is 1.12 bits per heavy atom. The van der Waals surface area contributed by atoms with Crippen LogP contribution in [0.5, 0.6) is 5.88 Å². The first kappa shape index (κ1) is 21.4. The standard InChI is InChI=1S/C24H22N4O3S/c1-28-15-21(19-10-11-26-24(31-2)23(19)28)20-12-18(32(3,29)30)8-9-22(20)27-14-17-6-4-16(13-25)5-7-17/h4-12,15,27H,14H2,1-3H3. The first-order valence-electron chi connectivity index (χ1n) is 9.87. The van der Waals surface area contributed by atoms with Crippen LogP contribution in [0.25, 0.3) is 22.0 Å². The predicted molar refractivity (Wildman–Crippen MR) is 124 cm³/mol. The summed E-state index contributed by atoms with van der Waals surface area (Å²) in [6.07, 6.45) is 4.82. The molecule has 0 aliphatic heterocycles. The Balaban J connectivity index is 1.83. The smallest absolute Gasteiger partial charge is 0.238 e. The summed E-state index contributed by atoms with van der Waals surface area (Å²) < 4.78 is 31.9. The molecule has 0 saturated carbocycles. The molecule has 0 bridgehead atoms. The van der Waals surface area contributed by atoms with Crippen molar-refractivity contribution in [1.82, 2.24) is 9.55 Å². The van der Waals surface area contributed by atoms with Gasteiger partial charge in [0.2, 0.25) is 5.88 Å². The van der Waals surface area contributed by atoms with Crippen LogP contribution in [-0.4, -0.2) is 31.3 Å². The molecule has 0 aliphatic carbocycles. The van der Waals surface area contributed by atoms with Crippen LogP contribution in [0.3, 0.4) is 0 Å². The van der Waals surface area contributed by atoms with E-state index in [-0.39, 0.29) is 4.90 Å². The largest absolute Gasteiger partial charge is 0.479 e. The van der Waals surface area contributed by atoms with Crippen LogP contribution in [0.4, 0.5) is 5.69 Å². The number of hydrogen-bond donors (Lipinski definition) is 1. The quantitative estimate of drug-likeness (QED) is 0.478. The molecule has 0 amide bonds. The van der Waals surface area contributed by atoms with E-state index in [1.54, 1.807) is 43.6 Å². The maximum atomic E-state index is 12.3. The van der Waals surface area contributed by atoms with Gasteiger partial charge in [-0.25, -0.2) is 13.4 Å². The number of nitrogens with zero attached hydrogens (tertiary/aromatic N) is 3. The average molecular weight is 447 g/mol. The van der Waals surface area contributed by atoms with Crippen molar-refractivity contribution >= 4 is 26.4 Å². The monoisotopic (exact) mass is 446 g/mol. The number of ether oxygens (including phenoxy) is 1. The number of anilines is 1. The molecular formula is C24H22N4O3S. The lowest BCUT2D eigenvalue weighted by molar-refractivity contribution is 0.401. The van der Waals surface area contributed by atoms with E-state index in [0.717, 1.165) is 33.3 Å². The Labute approximate surface area is 186 Å². The van der Waals surface area contributed by atoms with E-state index in [0.29, 0.717) is 18.0 Å². The maximum absolute atomic E-state index is 12.3. The molecule has 4 aromatic rings. The van der Waals surface area contributed by atoms with E-state index in [4.69, 9.17) is 10.00 Å². The Kier molecular flexibility index (Phi) is 5.59. The minimum atomic E-state index is -3.39. The first-order valence-corrected chi connectivity index (χ1v) is 11.8. The molecule has 0 atom stereocenters. The van der Waals surface area contributed by atoms with E-state index < -0.39 is 9.84 Å². The fraction of sp³-hybridized carbons (Fsp3) is 0.167. The normalized spacial score (nSPS) is 11.3. The third-order valence-electron chi connectivity index (χ3n) is 5.33. The summed E-state index contributed by atoms with van der Waals surface area (Å²) in [5.74, 6) is 0.502. The topological polar surface area (TPSA) is 97.0 Å². The molecular weight excluding hydrogens is 424 g/mol. The van der Waals surface area contributed by atoms with E-state index >= 15 is 0 Å². The summed E-state index contributed by atoms with van der Waals surface area (Å²) in [5.41, 5.74) is 4.87. The molecule has 2 aromatic heterocycles. The lowest BCUT2D eigenvalue weighted by Crippen LogP contribution is -2.03. The van der Waals surface area contributed by atoms with Gasteiger partial charge in [-0.1, -0.05) is 12.1 Å². The summed E-state index contributed by atoms with van der Waals surface area (Å²) in [4.78, 5) is 4.53. The number of pyridine rings is 1. The zero-order valence-electron chi connectivity index (χ0n) is 18.0. The number of fused-ring (bicyclic) bond motifs is 1. The number of rotatable bonds is 6. The molecule has 7 nitrogen and oxygen atoms in total. The van der Waals surface area contributed by atoms with Gasteiger partial charge >= 0.3 is 0 Å². The summed E-state index contributed by atoms with van der Waals surface area (Å²) in [6, 6.07) is 16.4. The molecule has 162 valence electrons. The molecule has 2 aromatic carbocycles. The van der Waals surface area contributed by atoms with E-state index in [9.17, 15) is 8.42 Å². The number of nitriles is 1. The van der Waals surface area contributed by atoms with Crippen LogP contribution in [0, 0.1) is 11.3 Å². The molecule has 0 saturated heterocycles. The third kappa shape index (κ3) is 4.03. The van der Waals surface area contributed by atoms with Crippen molar-refractivity contribution in [3.8, 4) is 23.1 Å². The predicted octanol–water partition coefficient (Wildman–Crippen LogP) is 4.14. The van der Waals surface area contributed by atoms with Gasteiger partial charge in [-0.05, 0) is 42.0 Å². The number of methoxy groups -OCH3 is 1. The van der Waals surface area contributed by atoms with Crippen LogP contribution in [-0.2, 0) is 23.4 Å². The van der Waals surface area contributed by atoms with Gasteiger partial charge < -0.3 is 14.6 Å². The zero-order chi connectivity index (χ0) is 22.9. The molecule has 0 unspecified atom stereocenters. The van der Waals surface area contributed by atoms with E-state index in [1.807, 2.05) is 36.0 Å². The molecule has 1 N–H and O–H groups in total. The van der Waals surface area contributed by atoms with Crippen molar-refractivity contribution in [2.75, 3.05) is 18.7 Å². The van der Waals surface area contributed by atoms with E-state index in [2.05, 4.69) is 16.4 Å². The van der Waals surface area contributed by atoms with Crippen molar-refractivity contribution in [2.24, 2.45) is 7.05 Å². The molecule has 32 heavy (non-hydrogen) atoms. The zero-order valence-corrected chi connectivity index (χ0v) is 18.8. The van der Waals surface area contributed by atoms with Gasteiger partial charge in [0, 0.05) is 54.4 Å². The highest BCUT2D eigenvalue weighted by Gasteiger charge is 2.18. The Morgan fingerprint density at radius 2 is 1.88 bits per heavy atom. The van der Waals surface area contributed by atoms with Crippen molar-refractivity contribution in [3.63, 3.8) is 0 Å². The summed E-state index contributed by atoms with van der Waals surface area (Å²) in [7, 11) is 0.0894. The Bertz CT molecular complexity index is 1450. The van der Waals surface area contributed by atoms with Crippen LogP contribution >= 0.6 is 0 Å². The fourth-order valence-electron chi connectivity index (χ4n) is 3.71. The lowest BCUT2D eigenvalue weighted by atomic mass is 10.0. The van der Waals surface area contributed by atoms with Crippen molar-refractivity contribution < 1.29 is 13.2 Å². The third-order valence-corrected chi connectivity index (χ3v) is 6.44. The molecule has 2 heterocycles. The van der Waals surface area contributed by atoms with Crippen LogP contribution in [0.2, 0.25) is 0 Å². The van der Waals surface area contributed by atoms with Gasteiger partial charge in [-0.15, -0.1) is 0 Å². The number of hydrogen-bond acceptors (Lipinski definition) is 6. The number of sulfone groups is 1. The van der Waals surface area contributed by atoms with Gasteiger partial charge in [0.05, 0.1) is 23.6 Å². The molecule has 0 radical (unpaired) electrons. The lowest BCUT2D eigenvalue weighted by Gasteiger charge is -2.14. The summed E-state index contributed by atoms with van der Waals surface area (Å²) in [6.45, 7) is 0.520. The van der Waals surface area contributed by atoms with E-state index in [1.165, 1.54) is 6.26 Å². The molecule has 8 heteroatoms. The minimum Gasteiger partial charge on any atom is -0.479 e. The van der Waals surface area contributed by atoms with Gasteiger partial charge in [0.15, 0.2) is 9.84 Å². The van der Waals surface area contributed by atoms with Gasteiger partial charge in [0.1, 0.15) is 5.52 Å². The Morgan fingerprint density at radius 3 is 2.53 bits per heavy atom. The molecule has 0 aliphatic rings. The van der Waals surface area contributed by atoms with Crippen molar-refractivity contribution in [1.29, 1.82) is 5.26 Å². The number of aryl methyl sites for hydroxylation is 1. The molecule has 0 spiro atoms. The number of aromatic nitrogens is 2. The first-order chi connectivity index (χ1) is 15.3. The second kappa shape index (κ2) is 8.36. The van der Waals surface area contributed by atoms with Crippen LogP contribution in [0.15, 0.2) is 65.8 Å². The minimum absolute atomic E-state index is 0.245. The molecule has 4 rings (SSSR count). The second-order valence-corrected chi connectivity index (χ2v) is 9.53. The highest BCUT2D eigenvalue weighted by Crippen LogP contribution is 2.38. The number of benzene rings is 2. The van der Waals surface area contributed by atoms with Crippen LogP contribution < -0.4 is 10.1 Å². The Hall–Kier alpha value is -3.83. The molecule has 0 fully saturated rings. The highest BCUT2D eigenvalue weighted by atomic mass is 32.2. The summed E-state index contributed by atoms with van der Waals surface area (Å²) >= 11 is 0. The van der Waals surface area contributed by atoms with Gasteiger partial charge in [-0.3, -0.25) is 0 Å². The summed E-state index contributed by atoms with van der Waals surface area (Å²) in [5, 5.41) is 13.3. The van der Waals surface area contributed by atoms with Crippen molar-refractivity contribution in [3.05, 3.63) is 72.1 Å². The number of nitrogens with one attached hydrogen (secondary N) is 1. The SMILES string of the molecule is COc1nccc2c(-c3cc(S(C)(=O)=O)ccc3NCc3ccc(C#N)cc3)cn(C)c12. The van der Waals surface area contributed by atoms with Crippen molar-refractivity contribution in [2.45, 2.75) is 11.4 Å². The van der Waals surface area contributed by atoms with Crippen LogP contribution in [0.1, 0.15) is 11.1 Å². The highest BCUT2D eigenvalue weighted by molar-refractivity contribution is 7.90. The maximum Gasteiger partial charge on any atom is 0.238 e. The van der Waals surface area contributed by atoms with Gasteiger partial charge in [0.25, 0.3) is 0 Å².